The van der Waals surface area contributed by atoms with Crippen LogP contribution in [0.3, 0.4) is 0 Å². The van der Waals surface area contributed by atoms with E-state index in [1.807, 2.05) is 0 Å². The first kappa shape index (κ1) is 16.5. The highest BCUT2D eigenvalue weighted by atomic mass is 32.2. The summed E-state index contributed by atoms with van der Waals surface area (Å²) in [5, 5.41) is 1.72. The van der Waals surface area contributed by atoms with Gasteiger partial charge in [-0.25, -0.2) is 8.42 Å². The van der Waals surface area contributed by atoms with Crippen LogP contribution >= 0.6 is 0 Å². The number of alkyl halides is 3. The first-order valence-corrected chi connectivity index (χ1v) is 7.59. The SMILES string of the molecule is CCS(=O)(=O)CC(=O)N[C@@H](c1ccccc1)C(F)(F)F. The number of nitrogens with one attached hydrogen (secondary N) is 1. The second-order valence-electron chi connectivity index (χ2n) is 4.13. The average Bonchev–Trinajstić information content (AvgIpc) is 2.35. The maximum Gasteiger partial charge on any atom is 0.412 e. The molecule has 0 aliphatic heterocycles. The first-order chi connectivity index (χ1) is 9.15. The van der Waals surface area contributed by atoms with Crippen molar-refractivity contribution in [3.8, 4) is 0 Å². The standard InChI is InChI=1S/C12H14F3NO3S/c1-2-20(18,19)8-10(17)16-11(12(13,14)15)9-6-4-3-5-7-9/h3-7,11H,2,8H2,1H3,(H,16,17)/t11-/m0/s1. The Morgan fingerprint density at radius 1 is 1.25 bits per heavy atom. The molecule has 20 heavy (non-hydrogen) atoms. The molecule has 0 spiro atoms. The van der Waals surface area contributed by atoms with Crippen LogP contribution in [-0.2, 0) is 14.6 Å². The van der Waals surface area contributed by atoms with Gasteiger partial charge in [0, 0.05) is 5.75 Å². The molecule has 0 heterocycles. The van der Waals surface area contributed by atoms with Crippen LogP contribution in [0.15, 0.2) is 30.3 Å². The van der Waals surface area contributed by atoms with E-state index < -0.39 is 33.7 Å². The Kier molecular flexibility index (Phi) is 5.15. The lowest BCUT2D eigenvalue weighted by Gasteiger charge is -2.22. The zero-order valence-electron chi connectivity index (χ0n) is 10.6. The molecule has 0 unspecified atom stereocenters. The topological polar surface area (TPSA) is 63.2 Å². The number of hydrogen-bond acceptors (Lipinski definition) is 3. The van der Waals surface area contributed by atoms with Gasteiger partial charge in [0.1, 0.15) is 5.75 Å². The molecular weight excluding hydrogens is 295 g/mol. The summed E-state index contributed by atoms with van der Waals surface area (Å²) in [6.07, 6.45) is -4.70. The third-order valence-corrected chi connectivity index (χ3v) is 4.14. The van der Waals surface area contributed by atoms with Crippen LogP contribution in [0.25, 0.3) is 0 Å². The minimum atomic E-state index is -4.70. The molecule has 0 aliphatic carbocycles. The van der Waals surface area contributed by atoms with Crippen LogP contribution in [0.5, 0.6) is 0 Å². The van der Waals surface area contributed by atoms with Crippen molar-refractivity contribution in [3.05, 3.63) is 35.9 Å². The molecule has 1 aromatic rings. The third kappa shape index (κ3) is 4.84. The van der Waals surface area contributed by atoms with Crippen LogP contribution in [0.1, 0.15) is 18.5 Å². The van der Waals surface area contributed by atoms with Crippen molar-refractivity contribution in [2.45, 2.75) is 19.1 Å². The van der Waals surface area contributed by atoms with E-state index in [9.17, 15) is 26.4 Å². The third-order valence-electron chi connectivity index (χ3n) is 2.56. The van der Waals surface area contributed by atoms with Crippen LogP contribution in [-0.4, -0.2) is 32.0 Å². The van der Waals surface area contributed by atoms with E-state index in [1.165, 1.54) is 31.2 Å². The molecule has 1 atom stereocenters. The summed E-state index contributed by atoms with van der Waals surface area (Å²) >= 11 is 0. The van der Waals surface area contributed by atoms with Crippen LogP contribution in [0, 0.1) is 0 Å². The van der Waals surface area contributed by atoms with E-state index in [2.05, 4.69) is 0 Å². The van der Waals surface area contributed by atoms with Gasteiger partial charge in [-0.15, -0.1) is 0 Å². The second-order valence-corrected chi connectivity index (χ2v) is 6.48. The Morgan fingerprint density at radius 2 is 1.80 bits per heavy atom. The van der Waals surface area contributed by atoms with Gasteiger partial charge >= 0.3 is 6.18 Å². The zero-order chi connectivity index (χ0) is 15.4. The van der Waals surface area contributed by atoms with Gasteiger partial charge in [0.25, 0.3) is 0 Å². The van der Waals surface area contributed by atoms with Crippen LogP contribution < -0.4 is 5.32 Å². The number of benzene rings is 1. The molecule has 1 N–H and O–H groups in total. The lowest BCUT2D eigenvalue weighted by atomic mass is 10.1. The highest BCUT2D eigenvalue weighted by Crippen LogP contribution is 2.32. The number of hydrogen-bond donors (Lipinski definition) is 1. The highest BCUT2D eigenvalue weighted by Gasteiger charge is 2.42. The highest BCUT2D eigenvalue weighted by molar-refractivity contribution is 7.92. The summed E-state index contributed by atoms with van der Waals surface area (Å²) in [6.45, 7) is 1.32. The molecule has 0 saturated carbocycles. The maximum atomic E-state index is 12.9. The maximum absolute atomic E-state index is 12.9. The fourth-order valence-corrected chi connectivity index (χ4v) is 2.19. The van der Waals surface area contributed by atoms with Crippen molar-refractivity contribution in [2.24, 2.45) is 0 Å². The normalized spacial score (nSPS) is 13.8. The molecular formula is C12H14F3NO3S. The molecule has 1 aromatic carbocycles. The molecule has 0 bridgehead atoms. The molecule has 112 valence electrons. The predicted molar refractivity (Wildman–Crippen MR) is 67.7 cm³/mol. The summed E-state index contributed by atoms with van der Waals surface area (Å²) in [5.74, 6) is -2.43. The van der Waals surface area contributed by atoms with Crippen molar-refractivity contribution in [2.75, 3.05) is 11.5 Å². The summed E-state index contributed by atoms with van der Waals surface area (Å²) < 4.78 is 61.2. The van der Waals surface area contributed by atoms with E-state index in [4.69, 9.17) is 0 Å². The van der Waals surface area contributed by atoms with Gasteiger partial charge in [0.15, 0.2) is 15.9 Å². The number of sulfone groups is 1. The van der Waals surface area contributed by atoms with E-state index >= 15 is 0 Å². The second kappa shape index (κ2) is 6.25. The fraction of sp³-hybridized carbons (Fsp3) is 0.417. The molecule has 0 fully saturated rings. The summed E-state index contributed by atoms with van der Waals surface area (Å²) in [6, 6.07) is 4.56. The van der Waals surface area contributed by atoms with Crippen molar-refractivity contribution < 1.29 is 26.4 Å². The first-order valence-electron chi connectivity index (χ1n) is 5.77. The minimum Gasteiger partial charge on any atom is -0.340 e. The van der Waals surface area contributed by atoms with Gasteiger partial charge in [0.2, 0.25) is 5.91 Å². The molecule has 0 saturated heterocycles. The molecule has 0 aromatic heterocycles. The molecule has 4 nitrogen and oxygen atoms in total. The van der Waals surface area contributed by atoms with Gasteiger partial charge in [-0.05, 0) is 5.56 Å². The van der Waals surface area contributed by atoms with Crippen molar-refractivity contribution in [1.82, 2.24) is 5.32 Å². The van der Waals surface area contributed by atoms with E-state index in [-0.39, 0.29) is 11.3 Å². The van der Waals surface area contributed by atoms with Crippen molar-refractivity contribution >= 4 is 15.7 Å². The molecule has 8 heteroatoms. The Labute approximate surface area is 114 Å². The van der Waals surface area contributed by atoms with E-state index in [0.717, 1.165) is 0 Å². The number of halogens is 3. The zero-order valence-corrected chi connectivity index (χ0v) is 11.5. The quantitative estimate of drug-likeness (QED) is 0.903. The number of carbonyl (C=O) groups is 1. The van der Waals surface area contributed by atoms with Crippen LogP contribution in [0.2, 0.25) is 0 Å². The monoisotopic (exact) mass is 309 g/mol. The Hall–Kier alpha value is -1.57. The Bertz CT molecular complexity index is 555. The van der Waals surface area contributed by atoms with Gasteiger partial charge in [-0.2, -0.15) is 13.2 Å². The van der Waals surface area contributed by atoms with Crippen molar-refractivity contribution in [3.63, 3.8) is 0 Å². The number of amides is 1. The van der Waals surface area contributed by atoms with Crippen molar-refractivity contribution in [1.29, 1.82) is 0 Å². The minimum absolute atomic E-state index is 0.151. The van der Waals surface area contributed by atoms with E-state index in [0.29, 0.717) is 0 Å². The lowest BCUT2D eigenvalue weighted by Crippen LogP contribution is -2.40. The van der Waals surface area contributed by atoms with Gasteiger partial charge in [-0.1, -0.05) is 37.3 Å². The average molecular weight is 309 g/mol. The molecule has 1 rings (SSSR count). The Balaban J connectivity index is 2.91. The largest absolute Gasteiger partial charge is 0.412 e. The number of rotatable bonds is 5. The fourth-order valence-electron chi connectivity index (χ4n) is 1.50. The van der Waals surface area contributed by atoms with Gasteiger partial charge < -0.3 is 5.32 Å². The smallest absolute Gasteiger partial charge is 0.340 e. The summed E-state index contributed by atoms with van der Waals surface area (Å²) in [4.78, 5) is 11.5. The summed E-state index contributed by atoms with van der Waals surface area (Å²) in [7, 11) is -3.67. The lowest BCUT2D eigenvalue weighted by molar-refractivity contribution is -0.162. The summed E-state index contributed by atoms with van der Waals surface area (Å²) in [5.41, 5.74) is -0.151. The van der Waals surface area contributed by atoms with Crippen LogP contribution in [0.4, 0.5) is 13.2 Å². The molecule has 1 amide bonds. The van der Waals surface area contributed by atoms with Gasteiger partial charge in [0.05, 0.1) is 0 Å². The number of carbonyl (C=O) groups excluding carboxylic acids is 1. The van der Waals surface area contributed by atoms with E-state index in [1.54, 1.807) is 11.4 Å². The molecule has 0 aliphatic rings. The molecule has 0 radical (unpaired) electrons. The Morgan fingerprint density at radius 3 is 2.25 bits per heavy atom. The van der Waals surface area contributed by atoms with Gasteiger partial charge in [-0.3, -0.25) is 4.79 Å². The predicted octanol–water partition coefficient (Wildman–Crippen LogP) is 1.84.